The van der Waals surface area contributed by atoms with Gasteiger partial charge in [-0.25, -0.2) is 4.98 Å². The molecule has 0 spiro atoms. The minimum Gasteiger partial charge on any atom is -0.373 e. The van der Waals surface area contributed by atoms with Gasteiger partial charge in [0.2, 0.25) is 0 Å². The van der Waals surface area contributed by atoms with E-state index in [-0.39, 0.29) is 11.5 Å². The molecule has 6 heteroatoms. The molecule has 21 heavy (non-hydrogen) atoms. The molecule has 0 bridgehead atoms. The number of pyridine rings is 1. The lowest BCUT2D eigenvalue weighted by molar-refractivity contribution is 0.0206. The number of nitrogens with zero attached hydrogens (tertiary/aromatic N) is 1. The van der Waals surface area contributed by atoms with Crippen LogP contribution in [0.3, 0.4) is 0 Å². The summed E-state index contributed by atoms with van der Waals surface area (Å²) >= 11 is 6.13. The van der Waals surface area contributed by atoms with E-state index in [4.69, 9.17) is 16.3 Å². The van der Waals surface area contributed by atoms with Gasteiger partial charge < -0.3 is 15.4 Å². The van der Waals surface area contributed by atoms with Crippen LogP contribution >= 0.6 is 11.6 Å². The highest BCUT2D eigenvalue weighted by Gasteiger charge is 2.30. The molecule has 1 saturated heterocycles. The summed E-state index contributed by atoms with van der Waals surface area (Å²) in [5.41, 5.74) is 0.207. The largest absolute Gasteiger partial charge is 0.373 e. The molecule has 2 heterocycles. The monoisotopic (exact) mass is 311 g/mol. The van der Waals surface area contributed by atoms with Gasteiger partial charge in [0.15, 0.2) is 0 Å². The molecular weight excluding hydrogens is 290 g/mol. The summed E-state index contributed by atoms with van der Waals surface area (Å²) in [6, 6.07) is 1.64. The van der Waals surface area contributed by atoms with Gasteiger partial charge in [-0.3, -0.25) is 4.79 Å². The number of carbonyl (C=O) groups is 1. The Balaban J connectivity index is 1.94. The van der Waals surface area contributed by atoms with Crippen LogP contribution in [-0.2, 0) is 4.74 Å². The van der Waals surface area contributed by atoms with E-state index in [1.165, 1.54) is 6.20 Å². The number of anilines is 1. The summed E-state index contributed by atoms with van der Waals surface area (Å²) in [7, 11) is 0. The summed E-state index contributed by atoms with van der Waals surface area (Å²) in [5.74, 6) is 0.435. The summed E-state index contributed by atoms with van der Waals surface area (Å²) in [6.07, 6.45) is 4.53. The molecule has 1 aromatic heterocycles. The third kappa shape index (κ3) is 4.32. The van der Waals surface area contributed by atoms with Crippen molar-refractivity contribution in [3.63, 3.8) is 0 Å². The maximum atomic E-state index is 12.1. The van der Waals surface area contributed by atoms with Crippen molar-refractivity contribution < 1.29 is 9.53 Å². The average Bonchev–Trinajstić information content (AvgIpc) is 2.91. The minimum atomic E-state index is -0.254. The van der Waals surface area contributed by atoms with Crippen LogP contribution in [0.2, 0.25) is 5.02 Å². The third-order valence-electron chi connectivity index (χ3n) is 3.57. The number of hydrogen-bond donors (Lipinski definition) is 2. The second-order valence-corrected chi connectivity index (χ2v) is 5.97. The van der Waals surface area contributed by atoms with Gasteiger partial charge in [-0.15, -0.1) is 0 Å². The lowest BCUT2D eigenvalue weighted by Crippen LogP contribution is -2.40. The van der Waals surface area contributed by atoms with E-state index in [0.29, 0.717) is 22.9 Å². The molecule has 1 aliphatic heterocycles. The Bertz CT molecular complexity index is 502. The van der Waals surface area contributed by atoms with Crippen molar-refractivity contribution >= 4 is 23.3 Å². The molecule has 1 aromatic rings. The van der Waals surface area contributed by atoms with Crippen molar-refractivity contribution in [2.24, 2.45) is 0 Å². The number of hydrogen-bond acceptors (Lipinski definition) is 4. The van der Waals surface area contributed by atoms with Crippen LogP contribution in [0.5, 0.6) is 0 Å². The zero-order chi connectivity index (χ0) is 15.3. The van der Waals surface area contributed by atoms with Crippen LogP contribution in [0.4, 0.5) is 5.82 Å². The first-order valence-electron chi connectivity index (χ1n) is 7.36. The van der Waals surface area contributed by atoms with Crippen molar-refractivity contribution in [3.05, 3.63) is 22.8 Å². The molecular formula is C15H22ClN3O2. The molecule has 0 saturated carbocycles. The maximum Gasteiger partial charge on any atom is 0.253 e. The van der Waals surface area contributed by atoms with Crippen molar-refractivity contribution in [1.29, 1.82) is 0 Å². The first kappa shape index (κ1) is 16.0. The second kappa shape index (κ2) is 7.09. The lowest BCUT2D eigenvalue weighted by Gasteiger charge is -2.23. The number of ether oxygens (including phenoxy) is 1. The van der Waals surface area contributed by atoms with E-state index in [1.54, 1.807) is 6.07 Å². The molecule has 1 atom stereocenters. The Kier molecular flexibility index (Phi) is 5.42. The Morgan fingerprint density at radius 3 is 3.00 bits per heavy atom. The van der Waals surface area contributed by atoms with E-state index in [0.717, 1.165) is 32.4 Å². The van der Waals surface area contributed by atoms with Gasteiger partial charge in [0, 0.05) is 25.9 Å². The number of nitrogens with one attached hydrogen (secondary N) is 2. The number of carbonyl (C=O) groups excluding carboxylic acids is 1. The zero-order valence-corrected chi connectivity index (χ0v) is 13.3. The van der Waals surface area contributed by atoms with Crippen LogP contribution in [0.15, 0.2) is 12.3 Å². The van der Waals surface area contributed by atoms with Gasteiger partial charge in [-0.1, -0.05) is 18.5 Å². The molecule has 2 rings (SSSR count). The molecule has 0 radical (unpaired) electrons. The zero-order valence-electron chi connectivity index (χ0n) is 12.5. The van der Waals surface area contributed by atoms with E-state index in [2.05, 4.69) is 22.5 Å². The summed E-state index contributed by atoms with van der Waals surface area (Å²) < 4.78 is 5.65. The molecule has 2 N–H and O–H groups in total. The normalized spacial score (nSPS) is 21.3. The van der Waals surface area contributed by atoms with Crippen molar-refractivity contribution in [2.75, 3.05) is 25.0 Å². The number of rotatable bonds is 6. The predicted molar refractivity (Wildman–Crippen MR) is 84.0 cm³/mol. The van der Waals surface area contributed by atoms with Crippen LogP contribution in [0.1, 0.15) is 43.5 Å². The van der Waals surface area contributed by atoms with Crippen molar-refractivity contribution in [3.8, 4) is 0 Å². The maximum absolute atomic E-state index is 12.1. The molecule has 1 fully saturated rings. The van der Waals surface area contributed by atoms with Gasteiger partial charge in [0.25, 0.3) is 5.91 Å². The average molecular weight is 312 g/mol. The van der Waals surface area contributed by atoms with Gasteiger partial charge in [-0.2, -0.15) is 0 Å². The fourth-order valence-electron chi connectivity index (χ4n) is 2.28. The molecule has 5 nitrogen and oxygen atoms in total. The van der Waals surface area contributed by atoms with E-state index in [1.807, 2.05) is 6.92 Å². The Morgan fingerprint density at radius 2 is 2.38 bits per heavy atom. The molecule has 0 aromatic carbocycles. The molecule has 0 aliphatic carbocycles. The van der Waals surface area contributed by atoms with E-state index < -0.39 is 0 Å². The standard InChI is InChI=1S/C15H22ClN3O2/c1-3-6-17-13-12(16)8-11(9-18-13)14(20)19-10-15(2)5-4-7-21-15/h8-9H,3-7,10H2,1-2H3,(H,17,18)(H,19,20). The number of aromatic nitrogens is 1. The lowest BCUT2D eigenvalue weighted by atomic mass is 10.0. The Labute approximate surface area is 130 Å². The first-order chi connectivity index (χ1) is 10.0. The highest BCUT2D eigenvalue weighted by molar-refractivity contribution is 6.33. The quantitative estimate of drug-likeness (QED) is 0.848. The van der Waals surface area contributed by atoms with Crippen molar-refractivity contribution in [2.45, 2.75) is 38.7 Å². The fourth-order valence-corrected chi connectivity index (χ4v) is 2.51. The van der Waals surface area contributed by atoms with E-state index in [9.17, 15) is 4.79 Å². The molecule has 1 aliphatic rings. The fraction of sp³-hybridized carbons (Fsp3) is 0.600. The Morgan fingerprint density at radius 1 is 1.57 bits per heavy atom. The van der Waals surface area contributed by atoms with Crippen LogP contribution in [0.25, 0.3) is 0 Å². The van der Waals surface area contributed by atoms with Crippen LogP contribution in [-0.4, -0.2) is 36.2 Å². The minimum absolute atomic E-state index is 0.178. The SMILES string of the molecule is CCCNc1ncc(C(=O)NCC2(C)CCCO2)cc1Cl. The molecule has 1 unspecified atom stereocenters. The van der Waals surface area contributed by atoms with E-state index >= 15 is 0 Å². The Hall–Kier alpha value is -1.33. The highest BCUT2D eigenvalue weighted by atomic mass is 35.5. The van der Waals surface area contributed by atoms with Gasteiger partial charge >= 0.3 is 0 Å². The predicted octanol–water partition coefficient (Wildman–Crippen LogP) is 2.86. The highest BCUT2D eigenvalue weighted by Crippen LogP contribution is 2.24. The van der Waals surface area contributed by atoms with Crippen LogP contribution in [0, 0.1) is 0 Å². The van der Waals surface area contributed by atoms with Gasteiger partial charge in [-0.05, 0) is 32.3 Å². The summed E-state index contributed by atoms with van der Waals surface area (Å²) in [5, 5.41) is 6.46. The first-order valence-corrected chi connectivity index (χ1v) is 7.73. The van der Waals surface area contributed by atoms with Crippen LogP contribution < -0.4 is 10.6 Å². The van der Waals surface area contributed by atoms with Gasteiger partial charge in [0.05, 0.1) is 16.2 Å². The smallest absolute Gasteiger partial charge is 0.253 e. The second-order valence-electron chi connectivity index (χ2n) is 5.57. The van der Waals surface area contributed by atoms with Crippen molar-refractivity contribution in [1.82, 2.24) is 10.3 Å². The van der Waals surface area contributed by atoms with Gasteiger partial charge in [0.1, 0.15) is 5.82 Å². The number of halogens is 1. The molecule has 116 valence electrons. The summed E-state index contributed by atoms with van der Waals surface area (Å²) in [4.78, 5) is 16.3. The number of amides is 1. The summed E-state index contributed by atoms with van der Waals surface area (Å²) in [6.45, 7) is 6.14. The third-order valence-corrected chi connectivity index (χ3v) is 3.86. The molecule has 1 amide bonds. The topological polar surface area (TPSA) is 63.2 Å².